The Kier molecular flexibility index (Phi) is 4.15. The van der Waals surface area contributed by atoms with E-state index in [0.717, 1.165) is 12.4 Å². The van der Waals surface area contributed by atoms with Crippen molar-refractivity contribution in [2.45, 2.75) is 37.9 Å². The Morgan fingerprint density at radius 3 is 2.45 bits per heavy atom. The summed E-state index contributed by atoms with van der Waals surface area (Å²) in [5, 5.41) is 13.3. The van der Waals surface area contributed by atoms with Crippen LogP contribution in [0.1, 0.15) is 36.0 Å². The van der Waals surface area contributed by atoms with Gasteiger partial charge in [0.2, 0.25) is 0 Å². The second-order valence-electron chi connectivity index (χ2n) is 4.96. The van der Waals surface area contributed by atoms with Crippen LogP contribution < -0.4 is 10.0 Å². The van der Waals surface area contributed by atoms with Gasteiger partial charge in [-0.3, -0.25) is 4.79 Å². The van der Waals surface area contributed by atoms with Crippen molar-refractivity contribution in [3.05, 3.63) is 35.3 Å². The Bertz CT molecular complexity index is 473. The number of carbonyl (C=O) groups is 1. The average Bonchev–Trinajstić information content (AvgIpc) is 2.38. The number of carbonyl (C=O) groups excluding carboxylic acids is 1. The maximum atomic E-state index is 12.9. The number of aromatic nitrogens is 1. The molecule has 0 aromatic carbocycles. The number of hydrogen-bond acceptors (Lipinski definition) is 2. The lowest BCUT2D eigenvalue weighted by atomic mass is 9.84. The zero-order valence-corrected chi connectivity index (χ0v) is 10.7. The number of nitrogens with one attached hydrogen (secondary N) is 1. The van der Waals surface area contributed by atoms with Crippen LogP contribution in [0, 0.1) is 11.1 Å². The fourth-order valence-electron chi connectivity index (χ4n) is 2.51. The molecule has 1 aliphatic carbocycles. The highest BCUT2D eigenvalue weighted by molar-refractivity contribution is 5.94. The molecule has 0 spiro atoms. The summed E-state index contributed by atoms with van der Waals surface area (Å²) in [5.74, 6) is -2.07. The number of alkyl halides is 3. The van der Waals surface area contributed by atoms with Crippen LogP contribution in [-0.4, -0.2) is 18.1 Å². The molecule has 0 bridgehead atoms. The quantitative estimate of drug-likeness (QED) is 0.670. The molecule has 1 heterocycles. The number of pyridine rings is 1. The standard InChI is InChI=1S/C13H15F3N2O2/c14-13(15,16)10-3-1-2-4-11(10)17-12(19)9-5-7-18(20)8-6-9/h5-8,10-11H,1-4H2,(H,17,19)/t10-,11-/m0/s1. The second-order valence-corrected chi connectivity index (χ2v) is 4.96. The molecule has 110 valence electrons. The van der Waals surface area contributed by atoms with E-state index in [2.05, 4.69) is 5.32 Å². The lowest BCUT2D eigenvalue weighted by Crippen LogP contribution is -2.47. The minimum Gasteiger partial charge on any atom is -0.619 e. The molecule has 2 rings (SSSR count). The Balaban J connectivity index is 2.07. The van der Waals surface area contributed by atoms with Gasteiger partial charge in [0.1, 0.15) is 0 Å². The molecule has 1 aliphatic rings. The lowest BCUT2D eigenvalue weighted by molar-refractivity contribution is -0.605. The van der Waals surface area contributed by atoms with Gasteiger partial charge in [-0.15, -0.1) is 0 Å². The van der Waals surface area contributed by atoms with Gasteiger partial charge in [-0.2, -0.15) is 17.9 Å². The first-order valence-corrected chi connectivity index (χ1v) is 6.44. The molecule has 1 aromatic heterocycles. The van der Waals surface area contributed by atoms with E-state index in [-0.39, 0.29) is 12.0 Å². The highest BCUT2D eigenvalue weighted by Gasteiger charge is 2.45. The van der Waals surface area contributed by atoms with E-state index in [9.17, 15) is 23.2 Å². The zero-order chi connectivity index (χ0) is 14.8. The van der Waals surface area contributed by atoms with Gasteiger partial charge in [0, 0.05) is 18.2 Å². The average molecular weight is 288 g/mol. The Hall–Kier alpha value is -1.79. The van der Waals surface area contributed by atoms with Crippen LogP contribution in [0.25, 0.3) is 0 Å². The van der Waals surface area contributed by atoms with Gasteiger partial charge in [-0.1, -0.05) is 12.8 Å². The van der Waals surface area contributed by atoms with Crippen LogP contribution in [0.15, 0.2) is 24.5 Å². The van der Waals surface area contributed by atoms with Gasteiger partial charge >= 0.3 is 6.18 Å². The molecule has 20 heavy (non-hydrogen) atoms. The SMILES string of the molecule is O=C(N[C@H]1CCCC[C@@H]1C(F)(F)F)c1cc[n+]([O-])cc1. The Morgan fingerprint density at radius 2 is 1.85 bits per heavy atom. The monoisotopic (exact) mass is 288 g/mol. The van der Waals surface area contributed by atoms with Crippen LogP contribution in [0.4, 0.5) is 13.2 Å². The second kappa shape index (κ2) is 5.68. The first kappa shape index (κ1) is 14.6. The summed E-state index contributed by atoms with van der Waals surface area (Å²) in [7, 11) is 0. The summed E-state index contributed by atoms with van der Waals surface area (Å²) in [6.07, 6.45) is -0.458. The van der Waals surface area contributed by atoms with Gasteiger partial charge in [-0.05, 0) is 12.8 Å². The first-order chi connectivity index (χ1) is 9.38. The summed E-state index contributed by atoms with van der Waals surface area (Å²) < 4.78 is 39.2. The van der Waals surface area contributed by atoms with Crippen molar-refractivity contribution in [2.24, 2.45) is 5.92 Å². The van der Waals surface area contributed by atoms with Crippen molar-refractivity contribution in [3.63, 3.8) is 0 Å². The van der Waals surface area contributed by atoms with Crippen LogP contribution in [0.5, 0.6) is 0 Å². The summed E-state index contributed by atoms with van der Waals surface area (Å²) >= 11 is 0. The number of nitrogens with zero attached hydrogens (tertiary/aromatic N) is 1. The molecule has 1 amide bonds. The van der Waals surface area contributed by atoms with Gasteiger partial charge in [-0.25, -0.2) is 0 Å². The number of amides is 1. The van der Waals surface area contributed by atoms with E-state index in [4.69, 9.17) is 0 Å². The molecule has 0 unspecified atom stereocenters. The topological polar surface area (TPSA) is 56.0 Å². The summed E-state index contributed by atoms with van der Waals surface area (Å²) in [5.41, 5.74) is 0.184. The molecule has 0 saturated heterocycles. The smallest absolute Gasteiger partial charge is 0.393 e. The summed E-state index contributed by atoms with van der Waals surface area (Å²) in [6, 6.07) is 1.68. The molecular formula is C13H15F3N2O2. The molecule has 4 nitrogen and oxygen atoms in total. The third-order valence-corrected chi connectivity index (χ3v) is 3.57. The fraction of sp³-hybridized carbons (Fsp3) is 0.538. The largest absolute Gasteiger partial charge is 0.619 e. The van der Waals surface area contributed by atoms with E-state index >= 15 is 0 Å². The maximum absolute atomic E-state index is 12.9. The van der Waals surface area contributed by atoms with Gasteiger partial charge in [0.15, 0.2) is 12.4 Å². The zero-order valence-electron chi connectivity index (χ0n) is 10.7. The maximum Gasteiger partial charge on any atom is 0.393 e. The van der Waals surface area contributed by atoms with E-state index in [0.29, 0.717) is 24.0 Å². The van der Waals surface area contributed by atoms with Crippen molar-refractivity contribution in [2.75, 3.05) is 0 Å². The molecule has 2 atom stereocenters. The van der Waals surface area contributed by atoms with Crippen LogP contribution in [0.3, 0.4) is 0 Å². The molecule has 1 saturated carbocycles. The Labute approximate surface area is 114 Å². The molecule has 0 aliphatic heterocycles. The molecule has 7 heteroatoms. The van der Waals surface area contributed by atoms with E-state index < -0.39 is 24.0 Å². The van der Waals surface area contributed by atoms with Gasteiger partial charge < -0.3 is 10.5 Å². The summed E-state index contributed by atoms with van der Waals surface area (Å²) in [4.78, 5) is 11.9. The minimum absolute atomic E-state index is 0.0454. The first-order valence-electron chi connectivity index (χ1n) is 6.44. The van der Waals surface area contributed by atoms with Crippen molar-refractivity contribution >= 4 is 5.91 Å². The van der Waals surface area contributed by atoms with Crippen molar-refractivity contribution in [1.29, 1.82) is 0 Å². The van der Waals surface area contributed by atoms with Gasteiger partial charge in [0.25, 0.3) is 5.91 Å². The summed E-state index contributed by atoms with van der Waals surface area (Å²) in [6.45, 7) is 0. The molecular weight excluding hydrogens is 273 g/mol. The normalized spacial score (nSPS) is 23.4. The molecule has 0 radical (unpaired) electrons. The van der Waals surface area contributed by atoms with Crippen LogP contribution in [0.2, 0.25) is 0 Å². The Morgan fingerprint density at radius 1 is 1.25 bits per heavy atom. The third-order valence-electron chi connectivity index (χ3n) is 3.57. The number of rotatable bonds is 2. The van der Waals surface area contributed by atoms with Crippen LogP contribution in [-0.2, 0) is 0 Å². The minimum atomic E-state index is -4.30. The highest BCUT2D eigenvalue weighted by atomic mass is 19.4. The number of hydrogen-bond donors (Lipinski definition) is 1. The predicted octanol–water partition coefficient (Wildman–Crippen LogP) is 2.17. The van der Waals surface area contributed by atoms with Crippen LogP contribution >= 0.6 is 0 Å². The van der Waals surface area contributed by atoms with E-state index in [1.807, 2.05) is 0 Å². The highest BCUT2D eigenvalue weighted by Crippen LogP contribution is 2.37. The fourth-order valence-corrected chi connectivity index (χ4v) is 2.51. The lowest BCUT2D eigenvalue weighted by Gasteiger charge is -2.33. The van der Waals surface area contributed by atoms with E-state index in [1.54, 1.807) is 0 Å². The molecule has 1 fully saturated rings. The van der Waals surface area contributed by atoms with Gasteiger partial charge in [0.05, 0.1) is 11.5 Å². The predicted molar refractivity (Wildman–Crippen MR) is 64.7 cm³/mol. The van der Waals surface area contributed by atoms with Crippen molar-refractivity contribution in [1.82, 2.24) is 5.32 Å². The molecule has 1 aromatic rings. The van der Waals surface area contributed by atoms with E-state index in [1.165, 1.54) is 12.1 Å². The molecule has 1 N–H and O–H groups in total. The number of halogens is 3. The van der Waals surface area contributed by atoms with Crippen molar-refractivity contribution in [3.8, 4) is 0 Å². The third kappa shape index (κ3) is 3.40. The van der Waals surface area contributed by atoms with Crippen molar-refractivity contribution < 1.29 is 22.7 Å².